The largest absolute Gasteiger partial charge is 0.497 e. The maximum absolute atomic E-state index is 12.2. The quantitative estimate of drug-likeness (QED) is 0.733. The van der Waals surface area contributed by atoms with Crippen molar-refractivity contribution >= 4 is 33.1 Å². The molecule has 130 valence electrons. The van der Waals surface area contributed by atoms with Gasteiger partial charge in [0.05, 0.1) is 23.7 Å². The SMILES string of the molecule is CCCn1c(=O)sc2cc(NC(=O)Cc3ccc(OC)cc3)ccc21. The van der Waals surface area contributed by atoms with Gasteiger partial charge < -0.3 is 10.1 Å². The molecular weight excluding hydrogens is 336 g/mol. The lowest BCUT2D eigenvalue weighted by atomic mass is 10.1. The fourth-order valence-electron chi connectivity index (χ4n) is 2.71. The lowest BCUT2D eigenvalue weighted by Gasteiger charge is -2.07. The Morgan fingerprint density at radius 3 is 2.64 bits per heavy atom. The van der Waals surface area contributed by atoms with Crippen LogP contribution in [0.5, 0.6) is 5.75 Å². The third-order valence-electron chi connectivity index (χ3n) is 3.92. The first kappa shape index (κ1) is 17.2. The van der Waals surface area contributed by atoms with Gasteiger partial charge in [0.15, 0.2) is 0 Å². The number of fused-ring (bicyclic) bond motifs is 1. The van der Waals surface area contributed by atoms with Crippen molar-refractivity contribution in [3.05, 3.63) is 57.7 Å². The molecule has 1 heterocycles. The van der Waals surface area contributed by atoms with Crippen LogP contribution in [0.15, 0.2) is 47.3 Å². The number of amides is 1. The normalized spacial score (nSPS) is 10.8. The minimum Gasteiger partial charge on any atom is -0.497 e. The highest BCUT2D eigenvalue weighted by Crippen LogP contribution is 2.22. The summed E-state index contributed by atoms with van der Waals surface area (Å²) in [5, 5.41) is 2.90. The minimum atomic E-state index is -0.0927. The second-order valence-electron chi connectivity index (χ2n) is 5.78. The number of hydrogen-bond donors (Lipinski definition) is 1. The number of thiazole rings is 1. The third kappa shape index (κ3) is 3.91. The number of carbonyl (C=O) groups excluding carboxylic acids is 1. The number of nitrogens with one attached hydrogen (secondary N) is 1. The lowest BCUT2D eigenvalue weighted by molar-refractivity contribution is -0.115. The number of nitrogens with zero attached hydrogens (tertiary/aromatic N) is 1. The Balaban J connectivity index is 1.73. The first-order valence-corrected chi connectivity index (χ1v) is 8.98. The molecule has 0 saturated carbocycles. The number of aryl methyl sites for hydroxylation is 1. The Hall–Kier alpha value is -2.60. The first-order valence-electron chi connectivity index (χ1n) is 8.17. The van der Waals surface area contributed by atoms with E-state index in [9.17, 15) is 9.59 Å². The summed E-state index contributed by atoms with van der Waals surface area (Å²) in [6.45, 7) is 2.76. The van der Waals surface area contributed by atoms with Crippen molar-refractivity contribution < 1.29 is 9.53 Å². The molecule has 0 saturated heterocycles. The number of rotatable bonds is 6. The lowest BCUT2D eigenvalue weighted by Crippen LogP contribution is -2.14. The van der Waals surface area contributed by atoms with Crippen LogP contribution in [0.25, 0.3) is 10.2 Å². The molecule has 1 amide bonds. The Bertz CT molecular complexity index is 941. The van der Waals surface area contributed by atoms with Gasteiger partial charge in [-0.25, -0.2) is 0 Å². The van der Waals surface area contributed by atoms with Crippen LogP contribution in [0.4, 0.5) is 5.69 Å². The third-order valence-corrected chi connectivity index (χ3v) is 4.86. The number of hydrogen-bond acceptors (Lipinski definition) is 4. The van der Waals surface area contributed by atoms with Gasteiger partial charge in [-0.05, 0) is 42.3 Å². The van der Waals surface area contributed by atoms with Crippen LogP contribution in [0.2, 0.25) is 0 Å². The molecule has 0 spiro atoms. The second kappa shape index (κ2) is 7.53. The van der Waals surface area contributed by atoms with Gasteiger partial charge in [0.2, 0.25) is 5.91 Å². The zero-order valence-corrected chi connectivity index (χ0v) is 15.1. The predicted octanol–water partition coefficient (Wildman–Crippen LogP) is 3.66. The predicted molar refractivity (Wildman–Crippen MR) is 102 cm³/mol. The molecule has 0 bridgehead atoms. The zero-order valence-electron chi connectivity index (χ0n) is 14.2. The van der Waals surface area contributed by atoms with Crippen molar-refractivity contribution in [1.82, 2.24) is 4.57 Å². The van der Waals surface area contributed by atoms with Crippen molar-refractivity contribution in [3.63, 3.8) is 0 Å². The van der Waals surface area contributed by atoms with Crippen molar-refractivity contribution in [3.8, 4) is 5.75 Å². The van der Waals surface area contributed by atoms with Crippen LogP contribution in [0, 0.1) is 0 Å². The summed E-state index contributed by atoms with van der Waals surface area (Å²) in [5.41, 5.74) is 2.54. The zero-order chi connectivity index (χ0) is 17.8. The molecule has 0 aliphatic carbocycles. The van der Waals surface area contributed by atoms with Crippen LogP contribution in [0.1, 0.15) is 18.9 Å². The minimum absolute atomic E-state index is 0.0403. The van der Waals surface area contributed by atoms with E-state index >= 15 is 0 Å². The number of carbonyl (C=O) groups is 1. The van der Waals surface area contributed by atoms with E-state index in [0.717, 1.165) is 28.0 Å². The molecule has 0 radical (unpaired) electrons. The topological polar surface area (TPSA) is 60.3 Å². The van der Waals surface area contributed by atoms with Crippen LogP contribution in [0.3, 0.4) is 0 Å². The standard InChI is InChI=1S/C19H20N2O3S/c1-3-10-21-16-9-6-14(12-17(16)25-19(21)23)20-18(22)11-13-4-7-15(24-2)8-5-13/h4-9,12H,3,10-11H2,1-2H3,(H,20,22). The maximum atomic E-state index is 12.2. The summed E-state index contributed by atoms with van der Waals surface area (Å²) in [7, 11) is 1.61. The van der Waals surface area contributed by atoms with Gasteiger partial charge in [0, 0.05) is 12.2 Å². The summed E-state index contributed by atoms with van der Waals surface area (Å²) < 4.78 is 7.78. The monoisotopic (exact) mass is 356 g/mol. The highest BCUT2D eigenvalue weighted by Gasteiger charge is 2.09. The van der Waals surface area contributed by atoms with Crippen molar-refractivity contribution in [2.24, 2.45) is 0 Å². The molecule has 0 atom stereocenters. The molecule has 5 nitrogen and oxygen atoms in total. The van der Waals surface area contributed by atoms with E-state index in [1.807, 2.05) is 49.4 Å². The van der Waals surface area contributed by atoms with Crippen molar-refractivity contribution in [2.75, 3.05) is 12.4 Å². The van der Waals surface area contributed by atoms with Crippen LogP contribution in [-0.2, 0) is 17.8 Å². The summed E-state index contributed by atoms with van der Waals surface area (Å²) in [4.78, 5) is 24.3. The summed E-state index contributed by atoms with van der Waals surface area (Å²) in [6, 6.07) is 13.0. The van der Waals surface area contributed by atoms with Gasteiger partial charge in [-0.15, -0.1) is 0 Å². The molecule has 0 fully saturated rings. The highest BCUT2D eigenvalue weighted by atomic mass is 32.1. The number of aromatic nitrogens is 1. The van der Waals surface area contributed by atoms with E-state index in [-0.39, 0.29) is 17.2 Å². The number of anilines is 1. The van der Waals surface area contributed by atoms with E-state index < -0.39 is 0 Å². The molecule has 0 aliphatic rings. The fraction of sp³-hybridized carbons (Fsp3) is 0.263. The summed E-state index contributed by atoms with van der Waals surface area (Å²) in [5.74, 6) is 0.672. The average Bonchev–Trinajstić information content (AvgIpc) is 2.91. The second-order valence-corrected chi connectivity index (χ2v) is 6.77. The molecule has 1 aromatic heterocycles. The van der Waals surface area contributed by atoms with Crippen LogP contribution in [-0.4, -0.2) is 17.6 Å². The van der Waals surface area contributed by atoms with E-state index in [1.54, 1.807) is 11.7 Å². The molecule has 25 heavy (non-hydrogen) atoms. The Kier molecular flexibility index (Phi) is 5.19. The first-order chi connectivity index (χ1) is 12.1. The Morgan fingerprint density at radius 2 is 1.96 bits per heavy atom. The molecule has 3 rings (SSSR count). The Labute approximate surface area is 149 Å². The molecular formula is C19H20N2O3S. The molecule has 3 aromatic rings. The van der Waals surface area contributed by atoms with Crippen molar-refractivity contribution in [1.29, 1.82) is 0 Å². The van der Waals surface area contributed by atoms with Crippen molar-refractivity contribution in [2.45, 2.75) is 26.3 Å². The number of methoxy groups -OCH3 is 1. The summed E-state index contributed by atoms with van der Waals surface area (Å²) >= 11 is 1.21. The van der Waals surface area contributed by atoms with E-state index in [2.05, 4.69) is 5.32 Å². The van der Waals surface area contributed by atoms with Gasteiger partial charge in [0.1, 0.15) is 5.75 Å². The molecule has 0 aliphatic heterocycles. The van der Waals surface area contributed by atoms with Crippen LogP contribution >= 0.6 is 11.3 Å². The fourth-order valence-corrected chi connectivity index (χ4v) is 3.67. The molecule has 0 unspecified atom stereocenters. The van der Waals surface area contributed by atoms with E-state index in [1.165, 1.54) is 11.3 Å². The number of benzene rings is 2. The molecule has 6 heteroatoms. The average molecular weight is 356 g/mol. The summed E-state index contributed by atoms with van der Waals surface area (Å²) in [6.07, 6.45) is 1.20. The maximum Gasteiger partial charge on any atom is 0.308 e. The van der Waals surface area contributed by atoms with E-state index in [0.29, 0.717) is 12.2 Å². The Morgan fingerprint density at radius 1 is 1.20 bits per heavy atom. The van der Waals surface area contributed by atoms with Gasteiger partial charge >= 0.3 is 4.87 Å². The van der Waals surface area contributed by atoms with Crippen LogP contribution < -0.4 is 14.9 Å². The van der Waals surface area contributed by atoms with Gasteiger partial charge in [0.25, 0.3) is 0 Å². The van der Waals surface area contributed by atoms with Gasteiger partial charge in [-0.2, -0.15) is 0 Å². The molecule has 1 N–H and O–H groups in total. The van der Waals surface area contributed by atoms with E-state index in [4.69, 9.17) is 4.74 Å². The highest BCUT2D eigenvalue weighted by molar-refractivity contribution is 7.16. The smallest absolute Gasteiger partial charge is 0.308 e. The van der Waals surface area contributed by atoms with Gasteiger partial charge in [-0.1, -0.05) is 30.4 Å². The molecule has 2 aromatic carbocycles. The number of ether oxygens (including phenoxy) is 1. The van der Waals surface area contributed by atoms with Gasteiger partial charge in [-0.3, -0.25) is 14.2 Å².